The summed E-state index contributed by atoms with van der Waals surface area (Å²) < 4.78 is 0. The molecule has 4 aliphatic carbocycles. The van der Waals surface area contributed by atoms with Gasteiger partial charge < -0.3 is 0 Å². The Labute approximate surface area is 48.9 Å². The number of allylic oxidation sites excluding steroid dienone is 4. The van der Waals surface area contributed by atoms with Gasteiger partial charge in [-0.1, -0.05) is 17.2 Å². The van der Waals surface area contributed by atoms with Gasteiger partial charge in [0.05, 0.1) is 0 Å². The lowest BCUT2D eigenvalue weighted by atomic mass is 10.1. The van der Waals surface area contributed by atoms with Gasteiger partial charge in [0, 0.05) is 0 Å². The molecule has 0 heteroatoms. The fourth-order valence-corrected chi connectivity index (χ4v) is 2.30. The number of rotatable bonds is 0. The van der Waals surface area contributed by atoms with Crippen molar-refractivity contribution in [3.63, 3.8) is 0 Å². The standard InChI is InChI=1S/C8H8/c1-5-2-7-4-8(5)3-6(1)7/h1,7H,2-4H2. The van der Waals surface area contributed by atoms with E-state index < -0.39 is 0 Å². The first kappa shape index (κ1) is 3.49. The van der Waals surface area contributed by atoms with Crippen molar-refractivity contribution >= 4 is 0 Å². The van der Waals surface area contributed by atoms with Crippen molar-refractivity contribution in [2.45, 2.75) is 19.3 Å². The van der Waals surface area contributed by atoms with Crippen LogP contribution in [0.15, 0.2) is 22.8 Å². The zero-order valence-electron chi connectivity index (χ0n) is 4.78. The molecule has 0 aromatic heterocycles. The van der Waals surface area contributed by atoms with Crippen LogP contribution in [0.25, 0.3) is 0 Å². The lowest BCUT2D eigenvalue weighted by molar-refractivity contribution is 0.714. The molecule has 0 spiro atoms. The highest BCUT2D eigenvalue weighted by molar-refractivity contribution is 5.52. The minimum atomic E-state index is 1.000. The molecule has 0 aromatic carbocycles. The first-order chi connectivity index (χ1) is 3.93. The quantitative estimate of drug-likeness (QED) is 0.441. The highest BCUT2D eigenvalue weighted by Gasteiger charge is 2.38. The molecule has 1 unspecified atom stereocenters. The summed E-state index contributed by atoms with van der Waals surface area (Å²) in [6.07, 6.45) is 6.62. The molecular formula is C8H8. The molecule has 8 heavy (non-hydrogen) atoms. The Balaban J connectivity index is 2.41. The molecule has 1 atom stereocenters. The molecule has 0 saturated heterocycles. The maximum Gasteiger partial charge on any atom is -0.00962 e. The van der Waals surface area contributed by atoms with Crippen molar-refractivity contribution < 1.29 is 0 Å². The summed E-state index contributed by atoms with van der Waals surface area (Å²) in [5.74, 6) is 1.000. The van der Waals surface area contributed by atoms with Crippen LogP contribution in [-0.2, 0) is 0 Å². The van der Waals surface area contributed by atoms with E-state index in [1.54, 1.807) is 16.7 Å². The summed E-state index contributed by atoms with van der Waals surface area (Å²) in [4.78, 5) is 0. The Morgan fingerprint density at radius 3 is 2.50 bits per heavy atom. The Bertz CT molecular complexity index is 216. The fourth-order valence-electron chi connectivity index (χ4n) is 2.30. The highest BCUT2D eigenvalue weighted by atomic mass is 14.4. The van der Waals surface area contributed by atoms with Gasteiger partial charge in [-0.2, -0.15) is 0 Å². The molecule has 40 valence electrons. The Kier molecular flexibility index (Phi) is 0.355. The van der Waals surface area contributed by atoms with E-state index in [4.69, 9.17) is 0 Å². The van der Waals surface area contributed by atoms with E-state index >= 15 is 0 Å². The van der Waals surface area contributed by atoms with E-state index in [1.165, 1.54) is 19.3 Å². The third-order valence-corrected chi connectivity index (χ3v) is 2.71. The van der Waals surface area contributed by atoms with Gasteiger partial charge in [0.15, 0.2) is 0 Å². The second-order valence-corrected chi connectivity index (χ2v) is 3.13. The topological polar surface area (TPSA) is 0 Å². The van der Waals surface area contributed by atoms with Crippen molar-refractivity contribution in [1.29, 1.82) is 0 Å². The van der Waals surface area contributed by atoms with Crippen molar-refractivity contribution in [2.75, 3.05) is 0 Å². The van der Waals surface area contributed by atoms with Crippen LogP contribution in [0, 0.1) is 5.92 Å². The van der Waals surface area contributed by atoms with Crippen molar-refractivity contribution in [3.05, 3.63) is 22.8 Å². The maximum absolute atomic E-state index is 2.42. The molecule has 1 fully saturated rings. The Morgan fingerprint density at radius 2 is 2.38 bits per heavy atom. The number of hydrogen-bond donors (Lipinski definition) is 0. The van der Waals surface area contributed by atoms with Crippen LogP contribution in [0.2, 0.25) is 0 Å². The van der Waals surface area contributed by atoms with Crippen LogP contribution in [0.4, 0.5) is 0 Å². The highest BCUT2D eigenvalue weighted by Crippen LogP contribution is 2.54. The fraction of sp³-hybridized carbons (Fsp3) is 0.500. The lowest BCUT2D eigenvalue weighted by Crippen LogP contribution is -1.85. The molecule has 0 nitrogen and oxygen atoms in total. The largest absolute Gasteiger partial charge is 0.0623 e. The first-order valence-electron chi connectivity index (χ1n) is 3.35. The van der Waals surface area contributed by atoms with Gasteiger partial charge in [0.2, 0.25) is 0 Å². The molecule has 4 aliphatic rings. The molecular weight excluding hydrogens is 96.1 g/mol. The zero-order valence-corrected chi connectivity index (χ0v) is 4.78. The van der Waals surface area contributed by atoms with Crippen LogP contribution in [0.1, 0.15) is 19.3 Å². The molecule has 0 N–H and O–H groups in total. The minimum Gasteiger partial charge on any atom is -0.0623 e. The SMILES string of the molecule is C1=C2CC3=C1CC2C3. The van der Waals surface area contributed by atoms with E-state index in [1.807, 2.05) is 0 Å². The molecule has 0 aromatic rings. The summed E-state index contributed by atoms with van der Waals surface area (Å²) in [7, 11) is 0. The molecule has 4 bridgehead atoms. The maximum atomic E-state index is 2.42. The van der Waals surface area contributed by atoms with Crippen LogP contribution >= 0.6 is 0 Å². The third kappa shape index (κ3) is 0.199. The average Bonchev–Trinajstić information content (AvgIpc) is 2.21. The van der Waals surface area contributed by atoms with Crippen LogP contribution in [0.5, 0.6) is 0 Å². The zero-order chi connectivity index (χ0) is 5.14. The Hall–Kier alpha value is -0.520. The van der Waals surface area contributed by atoms with Crippen LogP contribution in [-0.4, -0.2) is 0 Å². The smallest absolute Gasteiger partial charge is 0.00962 e. The molecule has 0 radical (unpaired) electrons. The van der Waals surface area contributed by atoms with Gasteiger partial charge in [-0.3, -0.25) is 0 Å². The van der Waals surface area contributed by atoms with Gasteiger partial charge in [0.25, 0.3) is 0 Å². The molecule has 0 aliphatic heterocycles. The summed E-state index contributed by atoms with van der Waals surface area (Å²) >= 11 is 0. The second-order valence-electron chi connectivity index (χ2n) is 3.13. The van der Waals surface area contributed by atoms with E-state index in [0.717, 1.165) is 5.92 Å². The first-order valence-corrected chi connectivity index (χ1v) is 3.35. The lowest BCUT2D eigenvalue weighted by Gasteiger charge is -1.97. The van der Waals surface area contributed by atoms with E-state index in [2.05, 4.69) is 6.08 Å². The molecule has 0 amide bonds. The van der Waals surface area contributed by atoms with Gasteiger partial charge in [-0.05, 0) is 30.8 Å². The average molecular weight is 104 g/mol. The van der Waals surface area contributed by atoms with Crippen molar-refractivity contribution in [2.24, 2.45) is 5.92 Å². The minimum absolute atomic E-state index is 1.000. The van der Waals surface area contributed by atoms with Crippen molar-refractivity contribution in [3.8, 4) is 0 Å². The van der Waals surface area contributed by atoms with Gasteiger partial charge >= 0.3 is 0 Å². The number of hydrogen-bond acceptors (Lipinski definition) is 0. The predicted octanol–water partition coefficient (Wildman–Crippen LogP) is 2.04. The van der Waals surface area contributed by atoms with Crippen molar-refractivity contribution in [1.82, 2.24) is 0 Å². The third-order valence-electron chi connectivity index (χ3n) is 2.71. The van der Waals surface area contributed by atoms with Crippen LogP contribution < -0.4 is 0 Å². The van der Waals surface area contributed by atoms with Gasteiger partial charge in [0.1, 0.15) is 0 Å². The second kappa shape index (κ2) is 0.812. The summed E-state index contributed by atoms with van der Waals surface area (Å²) in [6.45, 7) is 0. The van der Waals surface area contributed by atoms with Crippen LogP contribution in [0.3, 0.4) is 0 Å². The molecule has 1 saturated carbocycles. The monoisotopic (exact) mass is 104 g/mol. The van der Waals surface area contributed by atoms with E-state index in [9.17, 15) is 0 Å². The normalized spacial score (nSPS) is 38.0. The Morgan fingerprint density at radius 1 is 1.38 bits per heavy atom. The summed E-state index contributed by atoms with van der Waals surface area (Å²) in [5.41, 5.74) is 5.21. The van der Waals surface area contributed by atoms with Gasteiger partial charge in [-0.15, -0.1) is 0 Å². The van der Waals surface area contributed by atoms with E-state index in [-0.39, 0.29) is 0 Å². The van der Waals surface area contributed by atoms with E-state index in [0.29, 0.717) is 0 Å². The molecule has 4 rings (SSSR count). The molecule has 0 heterocycles. The summed E-state index contributed by atoms with van der Waals surface area (Å²) in [5, 5.41) is 0. The predicted molar refractivity (Wildman–Crippen MR) is 32.4 cm³/mol. The summed E-state index contributed by atoms with van der Waals surface area (Å²) in [6, 6.07) is 0. The van der Waals surface area contributed by atoms with Gasteiger partial charge in [-0.25, -0.2) is 0 Å².